The maximum absolute atomic E-state index is 12.5. The first-order valence-corrected chi connectivity index (χ1v) is 8.32. The third-order valence-electron chi connectivity index (χ3n) is 3.96. The molecule has 0 aliphatic heterocycles. The maximum Gasteiger partial charge on any atom is 0.261 e. The quantitative estimate of drug-likeness (QED) is 0.793. The first kappa shape index (κ1) is 18.6. The molecule has 0 aliphatic rings. The van der Waals surface area contributed by atoms with Crippen molar-refractivity contribution in [2.75, 3.05) is 14.2 Å². The van der Waals surface area contributed by atoms with Crippen LogP contribution in [-0.2, 0) is 4.79 Å². The van der Waals surface area contributed by atoms with E-state index in [4.69, 9.17) is 14.2 Å². The van der Waals surface area contributed by atoms with Crippen molar-refractivity contribution in [3.8, 4) is 17.2 Å². The Morgan fingerprint density at radius 2 is 1.64 bits per heavy atom. The summed E-state index contributed by atoms with van der Waals surface area (Å²) in [5.74, 6) is 1.95. The molecular weight excluding hydrogens is 318 g/mol. The molecule has 2 rings (SSSR count). The van der Waals surface area contributed by atoms with Gasteiger partial charge in [-0.05, 0) is 43.2 Å². The molecule has 0 radical (unpaired) electrons. The van der Waals surface area contributed by atoms with Crippen molar-refractivity contribution in [1.82, 2.24) is 5.32 Å². The van der Waals surface area contributed by atoms with Gasteiger partial charge in [-0.3, -0.25) is 4.79 Å². The zero-order chi connectivity index (χ0) is 18.2. The van der Waals surface area contributed by atoms with Crippen molar-refractivity contribution in [3.05, 3.63) is 54.1 Å². The average Bonchev–Trinajstić information content (AvgIpc) is 2.66. The van der Waals surface area contributed by atoms with Crippen molar-refractivity contribution < 1.29 is 19.0 Å². The van der Waals surface area contributed by atoms with Crippen LogP contribution in [0.3, 0.4) is 0 Å². The molecule has 0 heterocycles. The molecule has 5 nitrogen and oxygen atoms in total. The van der Waals surface area contributed by atoms with Crippen LogP contribution < -0.4 is 19.5 Å². The van der Waals surface area contributed by atoms with Crippen LogP contribution in [0.1, 0.15) is 31.9 Å². The highest BCUT2D eigenvalue weighted by Gasteiger charge is 2.21. The van der Waals surface area contributed by atoms with Gasteiger partial charge in [-0.15, -0.1) is 0 Å². The lowest BCUT2D eigenvalue weighted by Gasteiger charge is -2.21. The Labute approximate surface area is 148 Å². The molecule has 2 aromatic carbocycles. The van der Waals surface area contributed by atoms with Gasteiger partial charge in [0.25, 0.3) is 5.91 Å². The summed E-state index contributed by atoms with van der Waals surface area (Å²) >= 11 is 0. The Balaban J connectivity index is 2.00. The number of carbonyl (C=O) groups is 1. The predicted molar refractivity (Wildman–Crippen MR) is 97.3 cm³/mol. The molecule has 2 aromatic rings. The van der Waals surface area contributed by atoms with Crippen LogP contribution in [0.4, 0.5) is 0 Å². The second kappa shape index (κ2) is 8.97. The lowest BCUT2D eigenvalue weighted by Crippen LogP contribution is -2.39. The highest BCUT2D eigenvalue weighted by atomic mass is 16.5. The molecule has 134 valence electrons. The number of carbonyl (C=O) groups excluding carboxylic acids is 1. The zero-order valence-electron chi connectivity index (χ0n) is 15.1. The van der Waals surface area contributed by atoms with Crippen LogP contribution in [0.5, 0.6) is 17.2 Å². The van der Waals surface area contributed by atoms with Gasteiger partial charge < -0.3 is 19.5 Å². The first-order chi connectivity index (χ1) is 12.1. The molecule has 2 atom stereocenters. The molecule has 1 amide bonds. The molecular formula is C20H25NO4. The highest BCUT2D eigenvalue weighted by Crippen LogP contribution is 2.21. The van der Waals surface area contributed by atoms with Crippen molar-refractivity contribution in [2.45, 2.75) is 32.4 Å². The fraction of sp³-hybridized carbons (Fsp3) is 0.350. The molecule has 0 aliphatic carbocycles. The molecule has 1 N–H and O–H groups in total. The Hall–Kier alpha value is -2.69. The smallest absolute Gasteiger partial charge is 0.261 e. The SMILES string of the molecule is CC[C@@H](Oc1cccc(OC)c1)C(=O)N[C@@H](C)c1ccc(OC)cc1. The summed E-state index contributed by atoms with van der Waals surface area (Å²) in [4.78, 5) is 12.5. The van der Waals surface area contributed by atoms with Gasteiger partial charge >= 0.3 is 0 Å². The fourth-order valence-corrected chi connectivity index (χ4v) is 2.44. The monoisotopic (exact) mass is 343 g/mol. The van der Waals surface area contributed by atoms with Crippen LogP contribution in [0.2, 0.25) is 0 Å². The van der Waals surface area contributed by atoms with Gasteiger partial charge in [0.1, 0.15) is 17.2 Å². The average molecular weight is 343 g/mol. The topological polar surface area (TPSA) is 56.8 Å². The van der Waals surface area contributed by atoms with Crippen molar-refractivity contribution >= 4 is 5.91 Å². The maximum atomic E-state index is 12.5. The van der Waals surface area contributed by atoms with E-state index in [1.807, 2.05) is 56.3 Å². The third-order valence-corrected chi connectivity index (χ3v) is 3.96. The number of hydrogen-bond acceptors (Lipinski definition) is 4. The van der Waals surface area contributed by atoms with Crippen molar-refractivity contribution in [3.63, 3.8) is 0 Å². The molecule has 0 aromatic heterocycles. The van der Waals surface area contributed by atoms with Gasteiger partial charge in [0.05, 0.1) is 20.3 Å². The molecule has 0 bridgehead atoms. The summed E-state index contributed by atoms with van der Waals surface area (Å²) in [6.07, 6.45) is 0.00561. The number of ether oxygens (including phenoxy) is 3. The number of rotatable bonds is 8. The van der Waals surface area contributed by atoms with E-state index in [-0.39, 0.29) is 11.9 Å². The first-order valence-electron chi connectivity index (χ1n) is 8.32. The number of methoxy groups -OCH3 is 2. The minimum absolute atomic E-state index is 0.124. The van der Waals surface area contributed by atoms with Gasteiger partial charge in [0.15, 0.2) is 6.10 Å². The van der Waals surface area contributed by atoms with E-state index in [2.05, 4.69) is 5.32 Å². The van der Waals surface area contributed by atoms with Crippen LogP contribution in [0, 0.1) is 0 Å². The Kier molecular flexibility index (Phi) is 6.69. The van der Waals surface area contributed by atoms with Crippen molar-refractivity contribution in [2.24, 2.45) is 0 Å². The van der Waals surface area contributed by atoms with Crippen molar-refractivity contribution in [1.29, 1.82) is 0 Å². The van der Waals surface area contributed by atoms with Crippen LogP contribution in [0.25, 0.3) is 0 Å². The molecule has 25 heavy (non-hydrogen) atoms. The van der Waals surface area contributed by atoms with Gasteiger partial charge in [-0.25, -0.2) is 0 Å². The Morgan fingerprint density at radius 1 is 1.00 bits per heavy atom. The number of nitrogens with one attached hydrogen (secondary N) is 1. The highest BCUT2D eigenvalue weighted by molar-refractivity contribution is 5.81. The van der Waals surface area contributed by atoms with Gasteiger partial charge in [0.2, 0.25) is 0 Å². The van der Waals surface area contributed by atoms with Crippen LogP contribution >= 0.6 is 0 Å². The van der Waals surface area contributed by atoms with Gasteiger partial charge in [-0.2, -0.15) is 0 Å². The molecule has 0 saturated heterocycles. The van der Waals surface area contributed by atoms with E-state index in [0.29, 0.717) is 17.9 Å². The van der Waals surface area contributed by atoms with E-state index >= 15 is 0 Å². The fourth-order valence-electron chi connectivity index (χ4n) is 2.44. The van der Waals surface area contributed by atoms with Gasteiger partial charge in [-0.1, -0.05) is 25.1 Å². The summed E-state index contributed by atoms with van der Waals surface area (Å²) in [5.41, 5.74) is 1.00. The largest absolute Gasteiger partial charge is 0.497 e. The summed E-state index contributed by atoms with van der Waals surface area (Å²) in [7, 11) is 3.22. The second-order valence-electron chi connectivity index (χ2n) is 5.70. The molecule has 0 fully saturated rings. The van der Waals surface area contributed by atoms with Crippen LogP contribution in [-0.4, -0.2) is 26.2 Å². The predicted octanol–water partition coefficient (Wildman–Crippen LogP) is 3.74. The normalized spacial score (nSPS) is 12.8. The Morgan fingerprint density at radius 3 is 2.24 bits per heavy atom. The number of amides is 1. The summed E-state index contributed by atoms with van der Waals surface area (Å²) in [5, 5.41) is 3.00. The second-order valence-corrected chi connectivity index (χ2v) is 5.70. The number of benzene rings is 2. The van der Waals surface area contributed by atoms with E-state index in [1.54, 1.807) is 20.3 Å². The lowest BCUT2D eigenvalue weighted by atomic mass is 10.1. The molecule has 0 spiro atoms. The minimum Gasteiger partial charge on any atom is -0.497 e. The van der Waals surface area contributed by atoms with E-state index in [9.17, 15) is 4.79 Å². The third kappa shape index (κ3) is 5.14. The zero-order valence-corrected chi connectivity index (χ0v) is 15.1. The van der Waals surface area contributed by atoms with E-state index < -0.39 is 6.10 Å². The van der Waals surface area contributed by atoms with E-state index in [0.717, 1.165) is 11.3 Å². The lowest BCUT2D eigenvalue weighted by molar-refractivity contribution is -0.128. The van der Waals surface area contributed by atoms with E-state index in [1.165, 1.54) is 0 Å². The number of hydrogen-bond donors (Lipinski definition) is 1. The Bertz CT molecular complexity index is 684. The molecule has 0 unspecified atom stereocenters. The standard InChI is InChI=1S/C20H25NO4/c1-5-19(25-18-8-6-7-17(13-18)24-4)20(22)21-14(2)15-9-11-16(23-3)12-10-15/h6-14,19H,5H2,1-4H3,(H,21,22)/t14-,19+/m0/s1. The minimum atomic E-state index is -0.562. The van der Waals surface area contributed by atoms with Gasteiger partial charge in [0, 0.05) is 6.07 Å². The van der Waals surface area contributed by atoms with Crippen LogP contribution in [0.15, 0.2) is 48.5 Å². The molecule has 0 saturated carbocycles. The summed E-state index contributed by atoms with van der Waals surface area (Å²) in [6.45, 7) is 3.86. The summed E-state index contributed by atoms with van der Waals surface area (Å²) in [6, 6.07) is 14.7. The molecule has 5 heteroatoms. The summed E-state index contributed by atoms with van der Waals surface area (Å²) < 4.78 is 16.2.